The number of fused-ring (bicyclic) bond motifs is 1. The Morgan fingerprint density at radius 3 is 2.88 bits per heavy atom. The van der Waals surface area contributed by atoms with Crippen LogP contribution in [0.5, 0.6) is 0 Å². The van der Waals surface area contributed by atoms with Crippen molar-refractivity contribution < 1.29 is 9.90 Å². The van der Waals surface area contributed by atoms with E-state index in [1.54, 1.807) is 30.8 Å². The minimum absolute atomic E-state index is 0.400. The maximum Gasteiger partial charge on any atom is 0.310 e. The normalized spacial score (nSPS) is 12.9. The van der Waals surface area contributed by atoms with E-state index in [0.717, 1.165) is 16.5 Å². The third kappa shape index (κ3) is 1.65. The number of aryl methyl sites for hydroxylation is 1. The zero-order chi connectivity index (χ0) is 11.9. The van der Waals surface area contributed by atoms with E-state index < -0.39 is 11.9 Å². The van der Waals surface area contributed by atoms with Crippen LogP contribution in [0.4, 0.5) is 0 Å². The Kier molecular flexibility index (Phi) is 2.59. The fraction of sp³-hybridized carbons (Fsp3) is 0.273. The quantitative estimate of drug-likeness (QED) is 0.874. The number of carboxylic acids is 1. The molecule has 1 aromatic carbocycles. The van der Waals surface area contributed by atoms with Crippen molar-refractivity contribution in [1.29, 1.82) is 0 Å². The van der Waals surface area contributed by atoms with Gasteiger partial charge < -0.3 is 5.11 Å². The number of benzene rings is 1. The lowest BCUT2D eigenvalue weighted by Crippen LogP contribution is -2.07. The number of carboxylic acid groups (broad SMARTS) is 1. The van der Waals surface area contributed by atoms with Crippen molar-refractivity contribution in [3.8, 4) is 0 Å². The van der Waals surface area contributed by atoms with E-state index in [1.165, 1.54) is 0 Å². The number of rotatable bonds is 2. The van der Waals surface area contributed by atoms with Crippen LogP contribution in [0.25, 0.3) is 10.9 Å². The molecule has 0 bridgehead atoms. The summed E-state index contributed by atoms with van der Waals surface area (Å²) in [5, 5.41) is 14.2. The predicted octanol–water partition coefficient (Wildman–Crippen LogP) is 2.41. The Hall–Kier alpha value is -1.55. The maximum atomic E-state index is 10.9. The van der Waals surface area contributed by atoms with Crippen LogP contribution in [-0.2, 0) is 11.8 Å². The van der Waals surface area contributed by atoms with Gasteiger partial charge in [0.05, 0.1) is 11.4 Å². The lowest BCUT2D eigenvalue weighted by molar-refractivity contribution is -0.138. The van der Waals surface area contributed by atoms with Crippen molar-refractivity contribution in [2.45, 2.75) is 12.8 Å². The highest BCUT2D eigenvalue weighted by Gasteiger charge is 2.15. The van der Waals surface area contributed by atoms with Gasteiger partial charge >= 0.3 is 5.97 Å². The lowest BCUT2D eigenvalue weighted by Gasteiger charge is -2.06. The molecule has 0 amide bonds. The fourth-order valence-electron chi connectivity index (χ4n) is 1.65. The molecular weight excluding hydrogens is 228 g/mol. The molecule has 2 aromatic rings. The van der Waals surface area contributed by atoms with Crippen LogP contribution in [0, 0.1) is 0 Å². The van der Waals surface area contributed by atoms with Crippen LogP contribution in [-0.4, -0.2) is 20.9 Å². The largest absolute Gasteiger partial charge is 0.481 e. The van der Waals surface area contributed by atoms with Gasteiger partial charge in [0.2, 0.25) is 0 Å². The fourth-order valence-corrected chi connectivity index (χ4v) is 1.92. The summed E-state index contributed by atoms with van der Waals surface area (Å²) in [7, 11) is 1.80. The van der Waals surface area contributed by atoms with Gasteiger partial charge in [-0.1, -0.05) is 17.7 Å². The second kappa shape index (κ2) is 3.79. The molecule has 84 valence electrons. The number of hydrogen-bond acceptors (Lipinski definition) is 2. The minimum atomic E-state index is -0.848. The highest BCUT2D eigenvalue weighted by molar-refractivity contribution is 6.34. The van der Waals surface area contributed by atoms with Gasteiger partial charge in [0.25, 0.3) is 0 Å². The Morgan fingerprint density at radius 1 is 1.56 bits per heavy atom. The van der Waals surface area contributed by atoms with Crippen LogP contribution in [0.3, 0.4) is 0 Å². The van der Waals surface area contributed by atoms with Gasteiger partial charge in [-0.25, -0.2) is 0 Å². The summed E-state index contributed by atoms with van der Waals surface area (Å²) in [5.41, 5.74) is 1.63. The summed E-state index contributed by atoms with van der Waals surface area (Å²) < 4.78 is 1.67. The smallest absolute Gasteiger partial charge is 0.310 e. The van der Waals surface area contributed by atoms with Gasteiger partial charge in [0.15, 0.2) is 5.15 Å². The van der Waals surface area contributed by atoms with E-state index in [1.807, 2.05) is 6.07 Å². The standard InChI is InChI=1S/C11H11ClN2O2/c1-6(11(15)16)7-3-4-9-8(5-7)10(12)13-14(9)2/h3-6H,1-2H3,(H,15,16). The molecule has 16 heavy (non-hydrogen) atoms. The molecule has 4 nitrogen and oxygen atoms in total. The molecule has 0 aliphatic rings. The van der Waals surface area contributed by atoms with E-state index in [2.05, 4.69) is 5.10 Å². The zero-order valence-corrected chi connectivity index (χ0v) is 9.69. The number of halogens is 1. The summed E-state index contributed by atoms with van der Waals surface area (Å²) >= 11 is 5.95. The Morgan fingerprint density at radius 2 is 2.25 bits per heavy atom. The second-order valence-corrected chi connectivity index (χ2v) is 4.11. The third-order valence-electron chi connectivity index (χ3n) is 2.70. The zero-order valence-electron chi connectivity index (χ0n) is 8.94. The van der Waals surface area contributed by atoms with Gasteiger partial charge in [0, 0.05) is 12.4 Å². The Balaban J connectivity index is 2.60. The number of carbonyl (C=O) groups is 1. The molecule has 1 aromatic heterocycles. The number of aliphatic carboxylic acids is 1. The summed E-state index contributed by atoms with van der Waals surface area (Å²) in [6.07, 6.45) is 0. The van der Waals surface area contributed by atoms with E-state index in [-0.39, 0.29) is 0 Å². The van der Waals surface area contributed by atoms with E-state index in [9.17, 15) is 4.79 Å². The molecule has 1 N–H and O–H groups in total. The molecule has 0 spiro atoms. The molecule has 5 heteroatoms. The molecule has 1 unspecified atom stereocenters. The van der Waals surface area contributed by atoms with Crippen molar-refractivity contribution >= 4 is 28.5 Å². The molecule has 1 atom stereocenters. The second-order valence-electron chi connectivity index (χ2n) is 3.75. The number of hydrogen-bond donors (Lipinski definition) is 1. The van der Waals surface area contributed by atoms with E-state index >= 15 is 0 Å². The van der Waals surface area contributed by atoms with Crippen molar-refractivity contribution in [3.05, 3.63) is 28.9 Å². The van der Waals surface area contributed by atoms with Crippen molar-refractivity contribution in [1.82, 2.24) is 9.78 Å². The van der Waals surface area contributed by atoms with Crippen LogP contribution in [0.2, 0.25) is 5.15 Å². The molecule has 0 saturated carbocycles. The highest BCUT2D eigenvalue weighted by atomic mass is 35.5. The summed E-state index contributed by atoms with van der Waals surface area (Å²) in [5.74, 6) is -1.39. The third-order valence-corrected chi connectivity index (χ3v) is 2.98. The average molecular weight is 239 g/mol. The molecule has 0 aliphatic heterocycles. The van der Waals surface area contributed by atoms with Gasteiger partial charge in [-0.05, 0) is 24.6 Å². The maximum absolute atomic E-state index is 10.9. The SMILES string of the molecule is CC(C(=O)O)c1ccc2c(c1)c(Cl)nn2C. The topological polar surface area (TPSA) is 55.1 Å². The highest BCUT2D eigenvalue weighted by Crippen LogP contribution is 2.26. The monoisotopic (exact) mass is 238 g/mol. The summed E-state index contributed by atoms with van der Waals surface area (Å²) in [6, 6.07) is 5.41. The predicted molar refractivity (Wildman–Crippen MR) is 61.8 cm³/mol. The molecular formula is C11H11ClN2O2. The van der Waals surface area contributed by atoms with E-state index in [0.29, 0.717) is 5.15 Å². The Labute approximate surface area is 97.4 Å². The Bertz CT molecular complexity index is 562. The first kappa shape index (κ1) is 11.0. The molecule has 0 fully saturated rings. The molecule has 2 rings (SSSR count). The number of aromatic nitrogens is 2. The molecule has 1 heterocycles. The first-order valence-electron chi connectivity index (χ1n) is 4.85. The van der Waals surface area contributed by atoms with Crippen molar-refractivity contribution in [2.75, 3.05) is 0 Å². The lowest BCUT2D eigenvalue weighted by atomic mass is 10.0. The summed E-state index contributed by atoms with van der Waals surface area (Å²) in [4.78, 5) is 10.9. The van der Waals surface area contributed by atoms with Gasteiger partial charge in [-0.3, -0.25) is 9.48 Å². The van der Waals surface area contributed by atoms with Crippen LogP contribution in [0.15, 0.2) is 18.2 Å². The van der Waals surface area contributed by atoms with Crippen LogP contribution >= 0.6 is 11.6 Å². The van der Waals surface area contributed by atoms with E-state index in [4.69, 9.17) is 16.7 Å². The van der Waals surface area contributed by atoms with Crippen LogP contribution in [0.1, 0.15) is 18.4 Å². The molecule has 0 radical (unpaired) electrons. The van der Waals surface area contributed by atoms with Gasteiger partial charge in [-0.15, -0.1) is 0 Å². The molecule has 0 saturated heterocycles. The van der Waals surface area contributed by atoms with Gasteiger partial charge in [-0.2, -0.15) is 5.10 Å². The molecule has 0 aliphatic carbocycles. The van der Waals surface area contributed by atoms with Crippen molar-refractivity contribution in [3.63, 3.8) is 0 Å². The number of nitrogens with zero attached hydrogens (tertiary/aromatic N) is 2. The summed E-state index contributed by atoms with van der Waals surface area (Å²) in [6.45, 7) is 1.65. The van der Waals surface area contributed by atoms with Gasteiger partial charge in [0.1, 0.15) is 0 Å². The first-order valence-corrected chi connectivity index (χ1v) is 5.23. The van der Waals surface area contributed by atoms with Crippen molar-refractivity contribution in [2.24, 2.45) is 7.05 Å². The minimum Gasteiger partial charge on any atom is -0.481 e. The van der Waals surface area contributed by atoms with Crippen LogP contribution < -0.4 is 0 Å². The first-order chi connectivity index (χ1) is 7.50. The average Bonchev–Trinajstić information content (AvgIpc) is 2.53.